The molecule has 0 aromatic carbocycles. The van der Waals surface area contributed by atoms with Crippen LogP contribution < -0.4 is 0 Å². The second kappa shape index (κ2) is 4.87. The largest absolute Gasteiger partial charge is 0.480 e. The van der Waals surface area contributed by atoms with E-state index < -0.39 is 21.5 Å². The Morgan fingerprint density at radius 1 is 1.58 bits per heavy atom. The molecule has 0 heterocycles. The fraction of sp³-hybridized carbons (Fsp3) is 0.857. The van der Waals surface area contributed by atoms with Crippen LogP contribution in [-0.4, -0.2) is 37.8 Å². The second-order valence-corrected chi connectivity index (χ2v) is 5.96. The van der Waals surface area contributed by atoms with Crippen LogP contribution in [0.3, 0.4) is 0 Å². The summed E-state index contributed by atoms with van der Waals surface area (Å²) in [5, 5.41) is 8.71. The topological polar surface area (TPSA) is 54.4 Å². The van der Waals surface area contributed by atoms with Crippen LogP contribution >= 0.6 is 11.8 Å². The van der Waals surface area contributed by atoms with Crippen molar-refractivity contribution >= 4 is 28.5 Å². The molecule has 1 N–H and O–H groups in total. The predicted molar refractivity (Wildman–Crippen MR) is 53.1 cm³/mol. The van der Waals surface area contributed by atoms with Gasteiger partial charge in [-0.25, -0.2) is 0 Å². The summed E-state index contributed by atoms with van der Waals surface area (Å²) in [5.74, 6) is 0.186. The van der Waals surface area contributed by atoms with Crippen molar-refractivity contribution in [1.29, 1.82) is 0 Å². The monoisotopic (exact) mass is 210 g/mol. The minimum atomic E-state index is -1.28. The lowest BCUT2D eigenvalue weighted by atomic mass is 10.2. The molecule has 0 bridgehead atoms. The zero-order valence-corrected chi connectivity index (χ0v) is 9.13. The minimum absolute atomic E-state index is 0.445. The van der Waals surface area contributed by atoms with Gasteiger partial charge in [-0.1, -0.05) is 0 Å². The van der Waals surface area contributed by atoms with E-state index in [2.05, 4.69) is 0 Å². The Bertz CT molecular complexity index is 189. The van der Waals surface area contributed by atoms with Crippen LogP contribution in [0.1, 0.15) is 13.8 Å². The summed E-state index contributed by atoms with van der Waals surface area (Å²) in [6, 6.07) is 0. The van der Waals surface area contributed by atoms with E-state index in [1.807, 2.05) is 6.26 Å². The zero-order chi connectivity index (χ0) is 9.78. The number of hydrogen-bond donors (Lipinski definition) is 1. The van der Waals surface area contributed by atoms with E-state index in [9.17, 15) is 9.00 Å². The summed E-state index contributed by atoms with van der Waals surface area (Å²) in [7, 11) is -1.28. The highest BCUT2D eigenvalue weighted by Gasteiger charge is 2.33. The summed E-state index contributed by atoms with van der Waals surface area (Å²) in [5.41, 5.74) is 0. The summed E-state index contributed by atoms with van der Waals surface area (Å²) in [6.07, 6.45) is 1.91. The molecule has 0 aromatic rings. The van der Waals surface area contributed by atoms with Crippen molar-refractivity contribution in [2.75, 3.05) is 17.8 Å². The normalized spacial score (nSPS) is 14.2. The van der Waals surface area contributed by atoms with E-state index >= 15 is 0 Å². The van der Waals surface area contributed by atoms with Gasteiger partial charge in [-0.05, 0) is 20.1 Å². The van der Waals surface area contributed by atoms with Gasteiger partial charge in [-0.3, -0.25) is 9.00 Å². The molecule has 1 unspecified atom stereocenters. The Balaban J connectivity index is 4.16. The standard InChI is InChI=1S/C7H14O3S2/c1-7(2,6(8)9)12(10)5-4-11-3/h4-5H2,1-3H3,(H,8,9). The van der Waals surface area contributed by atoms with Crippen LogP contribution in [0.2, 0.25) is 0 Å². The molecule has 3 nitrogen and oxygen atoms in total. The highest BCUT2D eigenvalue weighted by atomic mass is 32.2. The van der Waals surface area contributed by atoms with E-state index in [-0.39, 0.29) is 0 Å². The number of carboxylic acid groups (broad SMARTS) is 1. The SMILES string of the molecule is CSCCS(=O)C(C)(C)C(=O)O. The molecule has 0 rings (SSSR count). The fourth-order valence-corrected chi connectivity index (χ4v) is 2.49. The molecular weight excluding hydrogens is 196 g/mol. The van der Waals surface area contributed by atoms with Gasteiger partial charge in [-0.15, -0.1) is 0 Å². The first kappa shape index (κ1) is 12.0. The Kier molecular flexibility index (Phi) is 4.85. The van der Waals surface area contributed by atoms with Crippen molar-refractivity contribution in [2.45, 2.75) is 18.6 Å². The van der Waals surface area contributed by atoms with Gasteiger partial charge in [0.05, 0.1) is 0 Å². The van der Waals surface area contributed by atoms with E-state index in [4.69, 9.17) is 5.11 Å². The first-order chi connectivity index (χ1) is 5.42. The van der Waals surface area contributed by atoms with Crippen molar-refractivity contribution in [2.24, 2.45) is 0 Å². The molecule has 0 spiro atoms. The van der Waals surface area contributed by atoms with E-state index in [1.165, 1.54) is 13.8 Å². The molecule has 0 aromatic heterocycles. The number of carboxylic acids is 1. The summed E-state index contributed by atoms with van der Waals surface area (Å²) in [6.45, 7) is 2.98. The number of hydrogen-bond acceptors (Lipinski definition) is 3. The minimum Gasteiger partial charge on any atom is -0.480 e. The average Bonchev–Trinajstić information content (AvgIpc) is 1.99. The Labute approximate surface area is 79.4 Å². The average molecular weight is 210 g/mol. The maximum atomic E-state index is 11.4. The number of rotatable bonds is 5. The molecule has 0 saturated carbocycles. The van der Waals surface area contributed by atoms with Crippen LogP contribution in [0.4, 0.5) is 0 Å². The fourth-order valence-electron chi connectivity index (χ4n) is 0.512. The van der Waals surface area contributed by atoms with Crippen LogP contribution in [-0.2, 0) is 15.6 Å². The highest BCUT2D eigenvalue weighted by molar-refractivity contribution is 7.99. The van der Waals surface area contributed by atoms with Gasteiger partial charge in [-0.2, -0.15) is 11.8 Å². The van der Waals surface area contributed by atoms with Crippen LogP contribution in [0, 0.1) is 0 Å². The predicted octanol–water partition coefficient (Wildman–Crippen LogP) is 0.961. The molecular formula is C7H14O3S2. The molecule has 0 aliphatic rings. The molecule has 0 amide bonds. The number of aliphatic carboxylic acids is 1. The smallest absolute Gasteiger partial charge is 0.321 e. The van der Waals surface area contributed by atoms with Gasteiger partial charge in [0, 0.05) is 22.3 Å². The van der Waals surface area contributed by atoms with Crippen LogP contribution in [0.5, 0.6) is 0 Å². The second-order valence-electron chi connectivity index (χ2n) is 2.86. The number of thioether (sulfide) groups is 1. The van der Waals surface area contributed by atoms with Gasteiger partial charge >= 0.3 is 5.97 Å². The van der Waals surface area contributed by atoms with Crippen molar-refractivity contribution in [3.05, 3.63) is 0 Å². The quantitative estimate of drug-likeness (QED) is 0.734. The van der Waals surface area contributed by atoms with E-state index in [0.717, 1.165) is 5.75 Å². The molecule has 0 saturated heterocycles. The first-order valence-corrected chi connectivity index (χ1v) is 6.25. The van der Waals surface area contributed by atoms with Crippen molar-refractivity contribution in [1.82, 2.24) is 0 Å². The molecule has 0 aliphatic heterocycles. The van der Waals surface area contributed by atoms with E-state index in [0.29, 0.717) is 5.75 Å². The van der Waals surface area contributed by atoms with Crippen molar-refractivity contribution < 1.29 is 14.1 Å². The highest BCUT2D eigenvalue weighted by Crippen LogP contribution is 2.14. The van der Waals surface area contributed by atoms with Crippen molar-refractivity contribution in [3.63, 3.8) is 0 Å². The lowest BCUT2D eigenvalue weighted by Crippen LogP contribution is -2.38. The Hall–Kier alpha value is -0.0300. The summed E-state index contributed by atoms with van der Waals surface area (Å²) in [4.78, 5) is 10.6. The third kappa shape index (κ3) is 3.15. The molecule has 0 aliphatic carbocycles. The van der Waals surface area contributed by atoms with Gasteiger partial charge in [0.1, 0.15) is 4.75 Å². The van der Waals surface area contributed by atoms with Crippen molar-refractivity contribution in [3.8, 4) is 0 Å². The lowest BCUT2D eigenvalue weighted by Gasteiger charge is -2.17. The molecule has 0 fully saturated rings. The summed E-state index contributed by atoms with van der Waals surface area (Å²) < 4.78 is 10.3. The molecule has 5 heteroatoms. The van der Waals surface area contributed by atoms with Crippen LogP contribution in [0.25, 0.3) is 0 Å². The molecule has 1 atom stereocenters. The summed E-state index contributed by atoms with van der Waals surface area (Å²) >= 11 is 1.57. The number of carbonyl (C=O) groups is 1. The lowest BCUT2D eigenvalue weighted by molar-refractivity contribution is -0.139. The zero-order valence-electron chi connectivity index (χ0n) is 7.49. The molecule has 72 valence electrons. The van der Waals surface area contributed by atoms with Gasteiger partial charge in [0.15, 0.2) is 0 Å². The van der Waals surface area contributed by atoms with Gasteiger partial charge < -0.3 is 5.11 Å². The van der Waals surface area contributed by atoms with Gasteiger partial charge in [0.2, 0.25) is 0 Å². The Morgan fingerprint density at radius 3 is 2.42 bits per heavy atom. The maximum absolute atomic E-state index is 11.4. The third-order valence-electron chi connectivity index (χ3n) is 1.56. The molecule has 0 radical (unpaired) electrons. The Morgan fingerprint density at radius 2 is 2.08 bits per heavy atom. The molecule has 12 heavy (non-hydrogen) atoms. The van der Waals surface area contributed by atoms with Crippen LogP contribution in [0.15, 0.2) is 0 Å². The third-order valence-corrected chi connectivity index (χ3v) is 4.32. The first-order valence-electron chi connectivity index (χ1n) is 3.53. The van der Waals surface area contributed by atoms with Gasteiger partial charge in [0.25, 0.3) is 0 Å². The van der Waals surface area contributed by atoms with E-state index in [1.54, 1.807) is 11.8 Å². The maximum Gasteiger partial charge on any atom is 0.321 e.